The lowest BCUT2D eigenvalue weighted by atomic mass is 10.0. The zero-order chi connectivity index (χ0) is 12.7. The van der Waals surface area contributed by atoms with Gasteiger partial charge in [-0.05, 0) is 58.7 Å². The summed E-state index contributed by atoms with van der Waals surface area (Å²) in [5.74, 6) is 0.766. The minimum atomic E-state index is 0.714. The third-order valence-electron chi connectivity index (χ3n) is 4.11. The van der Waals surface area contributed by atoms with Crippen molar-refractivity contribution in [2.75, 3.05) is 20.1 Å². The lowest BCUT2D eigenvalue weighted by Crippen LogP contribution is -2.33. The van der Waals surface area contributed by atoms with Crippen LogP contribution in [0.2, 0.25) is 0 Å². The van der Waals surface area contributed by atoms with Crippen LogP contribution in [0.4, 0.5) is 0 Å². The van der Waals surface area contributed by atoms with Gasteiger partial charge in [-0.1, -0.05) is 26.7 Å². The fourth-order valence-corrected chi connectivity index (χ4v) is 2.15. The summed E-state index contributed by atoms with van der Waals surface area (Å²) in [6.45, 7) is 9.46. The Morgan fingerprint density at radius 3 is 2.29 bits per heavy atom. The standard InChI is InChI=1S/C15H32N2/c1-13(2)14(3)17(4)12-8-6-5-7-11-16-15-9-10-15/h13-16H,5-12H2,1-4H3. The number of hydrogen-bond donors (Lipinski definition) is 1. The second-order valence-electron chi connectivity index (χ2n) is 6.11. The largest absolute Gasteiger partial charge is 0.314 e. The molecule has 1 saturated carbocycles. The first-order valence-corrected chi connectivity index (χ1v) is 7.55. The molecule has 1 N–H and O–H groups in total. The van der Waals surface area contributed by atoms with E-state index >= 15 is 0 Å². The Labute approximate surface area is 108 Å². The van der Waals surface area contributed by atoms with E-state index in [1.807, 2.05) is 0 Å². The summed E-state index contributed by atoms with van der Waals surface area (Å²) in [6, 6.07) is 1.60. The van der Waals surface area contributed by atoms with Gasteiger partial charge in [-0.3, -0.25) is 0 Å². The molecular weight excluding hydrogens is 208 g/mol. The fraction of sp³-hybridized carbons (Fsp3) is 1.00. The van der Waals surface area contributed by atoms with E-state index in [1.165, 1.54) is 51.6 Å². The van der Waals surface area contributed by atoms with E-state index in [2.05, 4.69) is 38.0 Å². The first kappa shape index (κ1) is 15.0. The number of nitrogens with zero attached hydrogens (tertiary/aromatic N) is 1. The normalized spacial score (nSPS) is 18.0. The van der Waals surface area contributed by atoms with Gasteiger partial charge in [0.1, 0.15) is 0 Å². The molecule has 1 rings (SSSR count). The highest BCUT2D eigenvalue weighted by Gasteiger charge is 2.19. The minimum Gasteiger partial charge on any atom is -0.314 e. The van der Waals surface area contributed by atoms with Crippen LogP contribution >= 0.6 is 0 Å². The average molecular weight is 240 g/mol. The van der Waals surface area contributed by atoms with Crippen molar-refractivity contribution >= 4 is 0 Å². The molecule has 0 aliphatic heterocycles. The molecule has 102 valence electrons. The Kier molecular flexibility index (Phi) is 7.14. The summed E-state index contributed by atoms with van der Waals surface area (Å²) in [4.78, 5) is 2.51. The number of rotatable bonds is 10. The average Bonchev–Trinajstić information content (AvgIpc) is 3.10. The van der Waals surface area contributed by atoms with Gasteiger partial charge < -0.3 is 10.2 Å². The van der Waals surface area contributed by atoms with E-state index in [0.29, 0.717) is 6.04 Å². The molecule has 1 atom stereocenters. The zero-order valence-electron chi connectivity index (χ0n) is 12.3. The third kappa shape index (κ3) is 7.05. The SMILES string of the molecule is CC(C)C(C)N(C)CCCCCCNC1CC1. The van der Waals surface area contributed by atoms with Gasteiger partial charge in [0, 0.05) is 12.1 Å². The Morgan fingerprint density at radius 2 is 1.71 bits per heavy atom. The summed E-state index contributed by atoms with van der Waals surface area (Å²) in [6.07, 6.45) is 8.33. The predicted octanol–water partition coefficient (Wildman–Crippen LogP) is 3.28. The predicted molar refractivity (Wildman–Crippen MR) is 76.4 cm³/mol. The molecule has 17 heavy (non-hydrogen) atoms. The van der Waals surface area contributed by atoms with Gasteiger partial charge in [0.05, 0.1) is 0 Å². The van der Waals surface area contributed by atoms with Crippen LogP contribution in [0.1, 0.15) is 59.3 Å². The van der Waals surface area contributed by atoms with Crippen LogP contribution in [-0.4, -0.2) is 37.1 Å². The van der Waals surface area contributed by atoms with Crippen LogP contribution in [0.5, 0.6) is 0 Å². The maximum atomic E-state index is 3.58. The molecule has 0 heterocycles. The Balaban J connectivity index is 1.85. The van der Waals surface area contributed by atoms with Gasteiger partial charge in [0.2, 0.25) is 0 Å². The molecule has 1 aliphatic rings. The van der Waals surface area contributed by atoms with Crippen molar-refractivity contribution in [1.82, 2.24) is 10.2 Å². The smallest absolute Gasteiger partial charge is 0.00868 e. The summed E-state index contributed by atoms with van der Waals surface area (Å²) in [7, 11) is 2.26. The van der Waals surface area contributed by atoms with Crippen molar-refractivity contribution in [1.29, 1.82) is 0 Å². The summed E-state index contributed by atoms with van der Waals surface area (Å²) >= 11 is 0. The maximum absolute atomic E-state index is 3.58. The Morgan fingerprint density at radius 1 is 1.06 bits per heavy atom. The minimum absolute atomic E-state index is 0.714. The van der Waals surface area contributed by atoms with Gasteiger partial charge >= 0.3 is 0 Å². The van der Waals surface area contributed by atoms with Gasteiger partial charge in [-0.25, -0.2) is 0 Å². The van der Waals surface area contributed by atoms with Crippen LogP contribution in [0, 0.1) is 5.92 Å². The number of hydrogen-bond acceptors (Lipinski definition) is 2. The maximum Gasteiger partial charge on any atom is 0.00868 e. The van der Waals surface area contributed by atoms with Crippen LogP contribution < -0.4 is 5.32 Å². The van der Waals surface area contributed by atoms with Crippen molar-refractivity contribution < 1.29 is 0 Å². The van der Waals surface area contributed by atoms with Crippen LogP contribution in [0.15, 0.2) is 0 Å². The van der Waals surface area contributed by atoms with Crippen molar-refractivity contribution in [3.63, 3.8) is 0 Å². The lowest BCUT2D eigenvalue weighted by Gasteiger charge is -2.27. The molecule has 0 aromatic rings. The van der Waals surface area contributed by atoms with E-state index < -0.39 is 0 Å². The van der Waals surface area contributed by atoms with Crippen molar-refractivity contribution in [3.05, 3.63) is 0 Å². The van der Waals surface area contributed by atoms with Crippen molar-refractivity contribution in [2.45, 2.75) is 71.4 Å². The topological polar surface area (TPSA) is 15.3 Å². The molecule has 0 aromatic carbocycles. The number of nitrogens with one attached hydrogen (secondary N) is 1. The molecule has 2 heteroatoms. The fourth-order valence-electron chi connectivity index (χ4n) is 2.15. The molecule has 0 bridgehead atoms. The summed E-state index contributed by atoms with van der Waals surface area (Å²) < 4.78 is 0. The summed E-state index contributed by atoms with van der Waals surface area (Å²) in [5.41, 5.74) is 0. The first-order valence-electron chi connectivity index (χ1n) is 7.55. The van der Waals surface area contributed by atoms with E-state index in [9.17, 15) is 0 Å². The van der Waals surface area contributed by atoms with E-state index in [-0.39, 0.29) is 0 Å². The molecule has 0 spiro atoms. The number of unbranched alkanes of at least 4 members (excludes halogenated alkanes) is 3. The van der Waals surface area contributed by atoms with E-state index in [1.54, 1.807) is 0 Å². The van der Waals surface area contributed by atoms with Crippen LogP contribution in [0.3, 0.4) is 0 Å². The van der Waals surface area contributed by atoms with Gasteiger partial charge in [-0.15, -0.1) is 0 Å². The quantitative estimate of drug-likeness (QED) is 0.590. The lowest BCUT2D eigenvalue weighted by molar-refractivity contribution is 0.204. The first-order chi connectivity index (χ1) is 8.11. The molecule has 0 amide bonds. The second-order valence-corrected chi connectivity index (χ2v) is 6.11. The highest BCUT2D eigenvalue weighted by molar-refractivity contribution is 4.80. The molecular formula is C15H32N2. The zero-order valence-corrected chi connectivity index (χ0v) is 12.3. The van der Waals surface area contributed by atoms with Gasteiger partial charge in [-0.2, -0.15) is 0 Å². The Hall–Kier alpha value is -0.0800. The molecule has 1 fully saturated rings. The summed E-state index contributed by atoms with van der Waals surface area (Å²) in [5, 5.41) is 3.58. The molecule has 0 radical (unpaired) electrons. The highest BCUT2D eigenvalue weighted by Crippen LogP contribution is 2.18. The third-order valence-corrected chi connectivity index (χ3v) is 4.11. The molecule has 1 unspecified atom stereocenters. The second kappa shape index (κ2) is 8.10. The molecule has 2 nitrogen and oxygen atoms in total. The van der Waals surface area contributed by atoms with E-state index in [0.717, 1.165) is 12.0 Å². The van der Waals surface area contributed by atoms with E-state index in [4.69, 9.17) is 0 Å². The Bertz CT molecular complexity index is 187. The van der Waals surface area contributed by atoms with Crippen molar-refractivity contribution in [2.24, 2.45) is 5.92 Å². The van der Waals surface area contributed by atoms with Crippen LogP contribution in [-0.2, 0) is 0 Å². The molecule has 0 aromatic heterocycles. The monoisotopic (exact) mass is 240 g/mol. The van der Waals surface area contributed by atoms with Crippen molar-refractivity contribution in [3.8, 4) is 0 Å². The van der Waals surface area contributed by atoms with Gasteiger partial charge in [0.25, 0.3) is 0 Å². The highest BCUT2D eigenvalue weighted by atomic mass is 15.1. The van der Waals surface area contributed by atoms with Gasteiger partial charge in [0.15, 0.2) is 0 Å². The molecule has 1 aliphatic carbocycles. The van der Waals surface area contributed by atoms with Crippen LogP contribution in [0.25, 0.3) is 0 Å². The molecule has 0 saturated heterocycles.